The maximum Gasteiger partial charge on any atom is 0.261 e. The number of nitrogens with one attached hydrogen (secondary N) is 1. The number of ether oxygens (including phenoxy) is 1. The number of rotatable bonds is 2. The normalized spacial score (nSPS) is 23.2. The van der Waals surface area contributed by atoms with E-state index in [0.717, 1.165) is 37.3 Å². The van der Waals surface area contributed by atoms with Crippen LogP contribution in [0, 0.1) is 0 Å². The van der Waals surface area contributed by atoms with Crippen molar-refractivity contribution in [3.05, 3.63) is 63.6 Å². The second-order valence-corrected chi connectivity index (χ2v) is 6.66. The van der Waals surface area contributed by atoms with Crippen LogP contribution in [-0.2, 0) is 16.1 Å². The standard InChI is InChI=1S/C19H19ClN2O2/c20-16-4-2-1-3-15(16)11-22-17-9-13-5-7-21-8-6-14(13)10-18(17)24-12-19(22)23/h1-4,9,17,21H,5-8,11-12H2. The summed E-state index contributed by atoms with van der Waals surface area (Å²) in [5, 5.41) is 4.08. The van der Waals surface area contributed by atoms with Crippen molar-refractivity contribution < 1.29 is 9.53 Å². The number of halogens is 1. The average molecular weight is 343 g/mol. The molecule has 2 aliphatic heterocycles. The fourth-order valence-electron chi connectivity index (χ4n) is 3.42. The number of fused-ring (bicyclic) bond motifs is 2. The number of benzene rings is 1. The molecule has 2 saturated heterocycles. The van der Waals surface area contributed by atoms with Gasteiger partial charge in [-0.25, -0.2) is 0 Å². The fraction of sp³-hybridized carbons (Fsp3) is 0.368. The molecule has 0 saturated carbocycles. The molecular formula is C19H19ClN2O2. The second-order valence-electron chi connectivity index (χ2n) is 6.26. The third-order valence-electron chi connectivity index (χ3n) is 4.72. The smallest absolute Gasteiger partial charge is 0.261 e. The Morgan fingerprint density at radius 2 is 2.12 bits per heavy atom. The van der Waals surface area contributed by atoms with Gasteiger partial charge in [-0.1, -0.05) is 35.5 Å². The Bertz CT molecular complexity index is 777. The number of hydrogen-bond donors (Lipinski definition) is 1. The Kier molecular flexibility index (Phi) is 4.19. The zero-order chi connectivity index (χ0) is 16.5. The maximum atomic E-state index is 12.5. The van der Waals surface area contributed by atoms with Crippen LogP contribution >= 0.6 is 11.6 Å². The quantitative estimate of drug-likeness (QED) is 0.840. The van der Waals surface area contributed by atoms with Gasteiger partial charge in [0.25, 0.3) is 5.91 Å². The lowest BCUT2D eigenvalue weighted by Gasteiger charge is -2.37. The van der Waals surface area contributed by atoms with Crippen molar-refractivity contribution in [1.29, 1.82) is 0 Å². The number of nitrogens with zero attached hydrogens (tertiary/aromatic N) is 1. The van der Waals surface area contributed by atoms with Crippen LogP contribution in [0.2, 0.25) is 5.02 Å². The summed E-state index contributed by atoms with van der Waals surface area (Å²) in [7, 11) is 0. The molecule has 1 aliphatic carbocycles. The Balaban J connectivity index is 1.69. The molecule has 1 aromatic rings. The molecular weight excluding hydrogens is 324 g/mol. The zero-order valence-corrected chi connectivity index (χ0v) is 14.1. The number of carbonyl (C=O) groups is 1. The summed E-state index contributed by atoms with van der Waals surface area (Å²) in [6.07, 6.45) is 4.08. The SMILES string of the molecule is O=C1COC2=C=C3CCNCCC3=CC2N1Cc1ccccc1Cl. The average Bonchev–Trinajstić information content (AvgIpc) is 2.82. The monoisotopic (exact) mass is 342 g/mol. The van der Waals surface area contributed by atoms with Gasteiger partial charge in [0.2, 0.25) is 0 Å². The highest BCUT2D eigenvalue weighted by atomic mass is 35.5. The lowest BCUT2D eigenvalue weighted by molar-refractivity contribution is -0.142. The molecule has 0 aromatic heterocycles. The minimum atomic E-state index is -0.181. The first-order valence-corrected chi connectivity index (χ1v) is 8.67. The molecule has 4 nitrogen and oxygen atoms in total. The van der Waals surface area contributed by atoms with Crippen LogP contribution in [0.25, 0.3) is 0 Å². The molecule has 0 spiro atoms. The van der Waals surface area contributed by atoms with Gasteiger partial charge in [0, 0.05) is 17.1 Å². The van der Waals surface area contributed by atoms with Gasteiger partial charge < -0.3 is 15.0 Å². The first kappa shape index (κ1) is 15.5. The van der Waals surface area contributed by atoms with Crippen molar-refractivity contribution in [3.63, 3.8) is 0 Å². The van der Waals surface area contributed by atoms with E-state index in [4.69, 9.17) is 16.3 Å². The van der Waals surface area contributed by atoms with Crippen molar-refractivity contribution in [3.8, 4) is 0 Å². The molecule has 2 fully saturated rings. The van der Waals surface area contributed by atoms with E-state index < -0.39 is 0 Å². The van der Waals surface area contributed by atoms with Gasteiger partial charge in [-0.3, -0.25) is 4.79 Å². The van der Waals surface area contributed by atoms with E-state index in [-0.39, 0.29) is 18.6 Å². The van der Waals surface area contributed by atoms with Crippen molar-refractivity contribution in [2.45, 2.75) is 25.4 Å². The minimum Gasteiger partial charge on any atom is -0.477 e. The Hall–Kier alpha value is -2.00. The summed E-state index contributed by atoms with van der Waals surface area (Å²) < 4.78 is 5.68. The van der Waals surface area contributed by atoms with Crippen molar-refractivity contribution in [2.24, 2.45) is 0 Å². The summed E-state index contributed by atoms with van der Waals surface area (Å²) >= 11 is 6.28. The van der Waals surface area contributed by atoms with Gasteiger partial charge in [0.05, 0.1) is 0 Å². The number of morpholine rings is 1. The zero-order valence-electron chi connectivity index (χ0n) is 13.3. The van der Waals surface area contributed by atoms with Crippen LogP contribution in [0.1, 0.15) is 18.4 Å². The molecule has 1 atom stereocenters. The number of hydrogen-bond acceptors (Lipinski definition) is 3. The molecule has 0 bridgehead atoms. The highest BCUT2D eigenvalue weighted by Crippen LogP contribution is 2.32. The summed E-state index contributed by atoms with van der Waals surface area (Å²) in [4.78, 5) is 14.3. The van der Waals surface area contributed by atoms with Crippen LogP contribution in [0.5, 0.6) is 0 Å². The Labute approximate surface area is 146 Å². The summed E-state index contributed by atoms with van der Waals surface area (Å²) in [5.41, 5.74) is 6.85. The highest BCUT2D eigenvalue weighted by Gasteiger charge is 2.35. The van der Waals surface area contributed by atoms with Crippen LogP contribution < -0.4 is 5.32 Å². The van der Waals surface area contributed by atoms with Crippen molar-refractivity contribution in [2.75, 3.05) is 19.7 Å². The van der Waals surface area contributed by atoms with Gasteiger partial charge in [-0.15, -0.1) is 0 Å². The first-order chi connectivity index (χ1) is 11.7. The van der Waals surface area contributed by atoms with Gasteiger partial charge >= 0.3 is 0 Å². The molecule has 1 N–H and O–H groups in total. The second kappa shape index (κ2) is 6.48. The largest absolute Gasteiger partial charge is 0.477 e. The van der Waals surface area contributed by atoms with Crippen molar-refractivity contribution >= 4 is 17.5 Å². The lowest BCUT2D eigenvalue weighted by Crippen LogP contribution is -2.47. The molecule has 5 heteroatoms. The van der Waals surface area contributed by atoms with E-state index in [1.807, 2.05) is 29.2 Å². The van der Waals surface area contributed by atoms with Gasteiger partial charge in [-0.2, -0.15) is 0 Å². The maximum absolute atomic E-state index is 12.5. The van der Waals surface area contributed by atoms with Crippen LogP contribution in [-0.4, -0.2) is 36.5 Å². The van der Waals surface area contributed by atoms with E-state index in [1.165, 1.54) is 11.1 Å². The van der Waals surface area contributed by atoms with E-state index in [2.05, 4.69) is 17.1 Å². The summed E-state index contributed by atoms with van der Waals surface area (Å²) in [5.74, 6) is 0.736. The van der Waals surface area contributed by atoms with E-state index in [1.54, 1.807) is 0 Å². The van der Waals surface area contributed by atoms with E-state index >= 15 is 0 Å². The predicted molar refractivity (Wildman–Crippen MR) is 92.5 cm³/mol. The van der Waals surface area contributed by atoms with Crippen molar-refractivity contribution in [1.82, 2.24) is 10.2 Å². The summed E-state index contributed by atoms with van der Waals surface area (Å²) in [6.45, 7) is 2.46. The molecule has 2 heterocycles. The van der Waals surface area contributed by atoms with E-state index in [9.17, 15) is 4.79 Å². The van der Waals surface area contributed by atoms with E-state index in [0.29, 0.717) is 11.6 Å². The predicted octanol–water partition coefficient (Wildman–Crippen LogP) is 2.80. The first-order valence-electron chi connectivity index (χ1n) is 8.29. The van der Waals surface area contributed by atoms with Crippen LogP contribution in [0.3, 0.4) is 0 Å². The highest BCUT2D eigenvalue weighted by molar-refractivity contribution is 6.31. The molecule has 3 aliphatic rings. The molecule has 1 amide bonds. The molecule has 1 unspecified atom stereocenters. The number of amides is 1. The fourth-order valence-corrected chi connectivity index (χ4v) is 3.61. The van der Waals surface area contributed by atoms with Gasteiger partial charge in [0.15, 0.2) is 12.4 Å². The van der Waals surface area contributed by atoms with Crippen LogP contribution in [0.4, 0.5) is 0 Å². The molecule has 24 heavy (non-hydrogen) atoms. The number of carbonyl (C=O) groups excluding carboxylic acids is 1. The summed E-state index contributed by atoms with van der Waals surface area (Å²) in [6, 6.07) is 7.47. The molecule has 0 radical (unpaired) electrons. The van der Waals surface area contributed by atoms with Gasteiger partial charge in [-0.05, 0) is 49.2 Å². The van der Waals surface area contributed by atoms with Gasteiger partial charge in [0.1, 0.15) is 6.04 Å². The molecule has 1 aromatic carbocycles. The molecule has 4 rings (SSSR count). The Morgan fingerprint density at radius 3 is 3.00 bits per heavy atom. The lowest BCUT2D eigenvalue weighted by atomic mass is 9.93. The third kappa shape index (κ3) is 2.89. The topological polar surface area (TPSA) is 41.6 Å². The molecule has 124 valence electrons. The minimum absolute atomic E-state index is 0.0162. The third-order valence-corrected chi connectivity index (χ3v) is 5.09. The van der Waals surface area contributed by atoms with Crippen LogP contribution in [0.15, 0.2) is 53.0 Å². The Morgan fingerprint density at radius 1 is 1.29 bits per heavy atom.